The van der Waals surface area contributed by atoms with Gasteiger partial charge in [0, 0.05) is 12.8 Å². The van der Waals surface area contributed by atoms with Crippen molar-refractivity contribution in [1.29, 1.82) is 0 Å². The first-order valence-corrected chi connectivity index (χ1v) is 21.7. The van der Waals surface area contributed by atoms with Crippen LogP contribution in [0.1, 0.15) is 153 Å². The predicted octanol–water partition coefficient (Wildman–Crippen LogP) is 11.2. The molecule has 2 aliphatic rings. The molecule has 312 valence electrons. The van der Waals surface area contributed by atoms with Gasteiger partial charge in [0.25, 0.3) is 0 Å². The van der Waals surface area contributed by atoms with Gasteiger partial charge in [-0.15, -0.1) is 0 Å². The summed E-state index contributed by atoms with van der Waals surface area (Å²) >= 11 is 0. The molecular formula is C50H58O9. The largest absolute Gasteiger partial charge is 0.459 e. The maximum absolute atomic E-state index is 13.0. The normalized spacial score (nSPS) is 19.1. The maximum atomic E-state index is 13.0. The topological polar surface area (TPSA) is 122 Å². The molecule has 0 amide bonds. The lowest BCUT2D eigenvalue weighted by Gasteiger charge is -2.28. The summed E-state index contributed by atoms with van der Waals surface area (Å²) in [6, 6.07) is 23.8. The molecule has 4 aromatic carbocycles. The minimum Gasteiger partial charge on any atom is -0.459 e. The fourth-order valence-corrected chi connectivity index (χ4v) is 8.39. The molecule has 0 radical (unpaired) electrons. The highest BCUT2D eigenvalue weighted by Crippen LogP contribution is 2.34. The van der Waals surface area contributed by atoms with Gasteiger partial charge in [0.2, 0.25) is 0 Å². The molecule has 0 bridgehead atoms. The molecule has 9 heteroatoms. The maximum Gasteiger partial charge on any atom is 0.338 e. The van der Waals surface area contributed by atoms with E-state index in [4.69, 9.17) is 18.9 Å². The van der Waals surface area contributed by atoms with E-state index in [1.807, 2.05) is 48.5 Å². The number of Topliss-reactive ketones (excluding diaryl/α,β-unsaturated/α-hetero) is 1. The van der Waals surface area contributed by atoms with Crippen molar-refractivity contribution in [2.24, 2.45) is 11.8 Å². The summed E-state index contributed by atoms with van der Waals surface area (Å²) < 4.78 is 23.0. The molecule has 2 aliphatic carbocycles. The lowest BCUT2D eigenvalue weighted by Crippen LogP contribution is -2.25. The summed E-state index contributed by atoms with van der Waals surface area (Å²) in [6.45, 7) is 5.69. The van der Waals surface area contributed by atoms with Gasteiger partial charge in [0.05, 0.1) is 16.7 Å². The van der Waals surface area contributed by atoms with Crippen LogP contribution in [-0.4, -0.2) is 41.9 Å². The first kappa shape index (κ1) is 43.3. The van der Waals surface area contributed by atoms with Gasteiger partial charge in [-0.3, -0.25) is 14.4 Å². The fourth-order valence-electron chi connectivity index (χ4n) is 8.39. The monoisotopic (exact) mass is 802 g/mol. The van der Waals surface area contributed by atoms with Crippen molar-refractivity contribution in [2.45, 2.75) is 136 Å². The number of hydrogen-bond donors (Lipinski definition) is 0. The summed E-state index contributed by atoms with van der Waals surface area (Å²) in [4.78, 5) is 63.9. The van der Waals surface area contributed by atoms with Gasteiger partial charge >= 0.3 is 23.9 Å². The molecule has 0 spiro atoms. The molecule has 2 saturated carbocycles. The van der Waals surface area contributed by atoms with Crippen molar-refractivity contribution < 1.29 is 42.9 Å². The zero-order valence-corrected chi connectivity index (χ0v) is 34.8. The quantitative estimate of drug-likeness (QED) is 0.0583. The molecule has 2 fully saturated rings. The third-order valence-corrected chi connectivity index (χ3v) is 11.8. The fraction of sp³-hybridized carbons (Fsp3) is 0.460. The number of carbonyl (C=O) groups is 5. The Labute approximate surface area is 348 Å². The number of esters is 4. The molecule has 4 aromatic rings. The molecule has 0 aromatic heterocycles. The van der Waals surface area contributed by atoms with Crippen LogP contribution in [0.4, 0.5) is 0 Å². The number of fused-ring (bicyclic) bond motifs is 1. The van der Waals surface area contributed by atoms with E-state index >= 15 is 0 Å². The molecule has 0 heterocycles. The molecule has 0 saturated heterocycles. The average Bonchev–Trinajstić information content (AvgIpc) is 3.23. The van der Waals surface area contributed by atoms with Gasteiger partial charge in [-0.1, -0.05) is 57.0 Å². The number of ether oxygens (including phenoxy) is 4. The molecular weight excluding hydrogens is 745 g/mol. The summed E-state index contributed by atoms with van der Waals surface area (Å²) in [7, 11) is 0. The van der Waals surface area contributed by atoms with Crippen LogP contribution in [-0.2, 0) is 31.9 Å². The van der Waals surface area contributed by atoms with Gasteiger partial charge in [0.15, 0.2) is 5.78 Å². The summed E-state index contributed by atoms with van der Waals surface area (Å²) in [5.41, 5.74) is 3.85. The van der Waals surface area contributed by atoms with E-state index in [0.717, 1.165) is 82.4 Å². The lowest BCUT2D eigenvalue weighted by atomic mass is 9.84. The SMILES string of the molecule is CCCc1ccc(C(=O)OC2CCC(CCC(=O)Oc3ccc4cc(OC(=O)CCC5CCC(OC(=O)c6ccc(CCC)cc6)CC5)c(C(C)=O)cc4c3)CC2)cc1. The van der Waals surface area contributed by atoms with Crippen LogP contribution in [0.15, 0.2) is 78.9 Å². The third kappa shape index (κ3) is 12.6. The van der Waals surface area contributed by atoms with Crippen molar-refractivity contribution in [1.82, 2.24) is 0 Å². The summed E-state index contributed by atoms with van der Waals surface area (Å²) in [5.74, 6) is -0.280. The van der Waals surface area contributed by atoms with Crippen LogP contribution in [0.5, 0.6) is 11.5 Å². The molecule has 0 atom stereocenters. The van der Waals surface area contributed by atoms with Crippen LogP contribution < -0.4 is 9.47 Å². The van der Waals surface area contributed by atoms with Crippen molar-refractivity contribution >= 4 is 40.4 Å². The van der Waals surface area contributed by atoms with E-state index in [1.165, 1.54) is 18.1 Å². The second-order valence-electron chi connectivity index (χ2n) is 16.4. The number of hydrogen-bond acceptors (Lipinski definition) is 9. The van der Waals surface area contributed by atoms with E-state index < -0.39 is 5.97 Å². The van der Waals surface area contributed by atoms with E-state index in [2.05, 4.69) is 13.8 Å². The van der Waals surface area contributed by atoms with Crippen LogP contribution in [0, 0.1) is 11.8 Å². The Morgan fingerprint density at radius 1 is 0.542 bits per heavy atom. The lowest BCUT2D eigenvalue weighted by molar-refractivity contribution is -0.135. The van der Waals surface area contributed by atoms with Gasteiger partial charge in [0.1, 0.15) is 23.7 Å². The second kappa shape index (κ2) is 21.1. The van der Waals surface area contributed by atoms with E-state index in [9.17, 15) is 24.0 Å². The Morgan fingerprint density at radius 3 is 1.47 bits per heavy atom. The first-order chi connectivity index (χ1) is 28.6. The summed E-state index contributed by atoms with van der Waals surface area (Å²) in [6.07, 6.45) is 12.2. The van der Waals surface area contributed by atoms with Crippen molar-refractivity contribution in [3.63, 3.8) is 0 Å². The highest BCUT2D eigenvalue weighted by atomic mass is 16.6. The van der Waals surface area contributed by atoms with E-state index in [-0.39, 0.29) is 60.1 Å². The van der Waals surface area contributed by atoms with Gasteiger partial charge in [-0.05, 0) is 166 Å². The third-order valence-electron chi connectivity index (χ3n) is 11.8. The zero-order valence-electron chi connectivity index (χ0n) is 34.8. The molecule has 6 rings (SSSR count). The summed E-state index contributed by atoms with van der Waals surface area (Å²) in [5, 5.41) is 1.43. The Bertz CT molecular complexity index is 2070. The van der Waals surface area contributed by atoms with E-state index in [1.54, 1.807) is 30.3 Å². The number of carbonyl (C=O) groups excluding carboxylic acids is 5. The minimum atomic E-state index is -0.403. The van der Waals surface area contributed by atoms with Crippen molar-refractivity contribution in [3.8, 4) is 11.5 Å². The molecule has 0 N–H and O–H groups in total. The second-order valence-corrected chi connectivity index (χ2v) is 16.4. The number of benzene rings is 4. The number of aryl methyl sites for hydroxylation is 2. The minimum absolute atomic E-state index is 0.113. The Balaban J connectivity index is 0.917. The molecule has 59 heavy (non-hydrogen) atoms. The van der Waals surface area contributed by atoms with Gasteiger partial charge in [-0.25, -0.2) is 9.59 Å². The molecule has 9 nitrogen and oxygen atoms in total. The standard InChI is InChI=1S/C50H58O9/c1-4-6-34-8-18-38(19-9-34)49(54)57-42-23-12-36(13-24-42)16-28-47(52)56-44-27-22-40-32-46(45(33(3)51)31-41(40)30-44)59-48(53)29-17-37-14-25-43(26-15-37)58-50(55)39-20-10-35(7-5-2)11-21-39/h8-11,18-22,27,30-32,36-37,42-43H,4-7,12-17,23-26,28-29H2,1-3H3. The highest BCUT2D eigenvalue weighted by molar-refractivity contribution is 6.02. The van der Waals surface area contributed by atoms with Gasteiger partial charge < -0.3 is 18.9 Å². The Morgan fingerprint density at radius 2 is 1.02 bits per heavy atom. The van der Waals surface area contributed by atoms with Crippen LogP contribution in [0.3, 0.4) is 0 Å². The highest BCUT2D eigenvalue weighted by Gasteiger charge is 2.27. The smallest absolute Gasteiger partial charge is 0.338 e. The Kier molecular flexibility index (Phi) is 15.5. The Hall–Kier alpha value is -5.31. The number of rotatable bonds is 17. The zero-order chi connectivity index (χ0) is 41.7. The van der Waals surface area contributed by atoms with Crippen molar-refractivity contribution in [3.05, 3.63) is 107 Å². The van der Waals surface area contributed by atoms with Crippen LogP contribution in [0.2, 0.25) is 0 Å². The molecule has 0 aliphatic heterocycles. The van der Waals surface area contributed by atoms with Crippen LogP contribution in [0.25, 0.3) is 10.8 Å². The molecule has 0 unspecified atom stereocenters. The average molecular weight is 803 g/mol. The first-order valence-electron chi connectivity index (χ1n) is 21.7. The van der Waals surface area contributed by atoms with E-state index in [0.29, 0.717) is 46.9 Å². The number of ketones is 1. The van der Waals surface area contributed by atoms with Crippen molar-refractivity contribution in [2.75, 3.05) is 0 Å². The van der Waals surface area contributed by atoms with Gasteiger partial charge in [-0.2, -0.15) is 0 Å². The van der Waals surface area contributed by atoms with Crippen LogP contribution >= 0.6 is 0 Å². The predicted molar refractivity (Wildman–Crippen MR) is 227 cm³/mol.